The van der Waals surface area contributed by atoms with Crippen LogP contribution in [0.25, 0.3) is 0 Å². The Balaban J connectivity index is 2.03. The van der Waals surface area contributed by atoms with E-state index in [1.54, 1.807) is 45.3 Å². The lowest BCUT2D eigenvalue weighted by Gasteiger charge is -2.23. The third-order valence-electron chi connectivity index (χ3n) is 3.39. The fraction of sp³-hybridized carbons (Fsp3) is 0.350. The summed E-state index contributed by atoms with van der Waals surface area (Å²) in [6.07, 6.45) is 2.90. The smallest absolute Gasteiger partial charge is 0.408 e. The molecule has 1 amide bonds. The summed E-state index contributed by atoms with van der Waals surface area (Å²) in [5, 5.41) is 2.60. The van der Waals surface area contributed by atoms with Gasteiger partial charge in [-0.25, -0.2) is 9.59 Å². The molecule has 0 spiro atoms. The Kier molecular flexibility index (Phi) is 6.72. The quantitative estimate of drug-likeness (QED) is 0.804. The van der Waals surface area contributed by atoms with E-state index in [2.05, 4.69) is 10.3 Å². The monoisotopic (exact) mass is 356 g/mol. The molecule has 0 bridgehead atoms. The van der Waals surface area contributed by atoms with Crippen molar-refractivity contribution < 1.29 is 19.1 Å². The molecule has 2 aromatic rings. The summed E-state index contributed by atoms with van der Waals surface area (Å²) in [6, 6.07) is 12.1. The van der Waals surface area contributed by atoms with Gasteiger partial charge in [-0.1, -0.05) is 30.3 Å². The number of ether oxygens (including phenoxy) is 2. The molecule has 1 atom stereocenters. The van der Waals surface area contributed by atoms with Gasteiger partial charge in [0, 0.05) is 18.8 Å². The first-order chi connectivity index (χ1) is 12.3. The predicted octanol–water partition coefficient (Wildman–Crippen LogP) is 3.26. The fourth-order valence-electron chi connectivity index (χ4n) is 2.23. The summed E-state index contributed by atoms with van der Waals surface area (Å²) < 4.78 is 10.6. The van der Waals surface area contributed by atoms with Crippen LogP contribution in [0.3, 0.4) is 0 Å². The number of pyridine rings is 1. The van der Waals surface area contributed by atoms with Gasteiger partial charge in [-0.05, 0) is 44.0 Å². The largest absolute Gasteiger partial charge is 0.459 e. The molecule has 1 aromatic heterocycles. The second-order valence-corrected chi connectivity index (χ2v) is 6.85. The fourth-order valence-corrected chi connectivity index (χ4v) is 2.23. The molecule has 1 heterocycles. The van der Waals surface area contributed by atoms with Crippen LogP contribution in [0.2, 0.25) is 0 Å². The molecule has 6 heteroatoms. The molecule has 0 saturated carbocycles. The SMILES string of the molecule is CC(C)(C)OC(=O)N[C@@H](Cc1ccncc1)C(=O)OCc1ccccc1. The average Bonchev–Trinajstić information content (AvgIpc) is 2.59. The summed E-state index contributed by atoms with van der Waals surface area (Å²) in [5.74, 6) is -0.517. The van der Waals surface area contributed by atoms with Crippen molar-refractivity contribution in [2.75, 3.05) is 0 Å². The number of amides is 1. The van der Waals surface area contributed by atoms with Crippen LogP contribution in [0.1, 0.15) is 31.9 Å². The van der Waals surface area contributed by atoms with E-state index in [1.807, 2.05) is 30.3 Å². The lowest BCUT2D eigenvalue weighted by atomic mass is 10.1. The molecule has 1 aromatic carbocycles. The van der Waals surface area contributed by atoms with Crippen molar-refractivity contribution >= 4 is 12.1 Å². The van der Waals surface area contributed by atoms with Crippen molar-refractivity contribution in [2.45, 2.75) is 45.4 Å². The molecule has 26 heavy (non-hydrogen) atoms. The van der Waals surface area contributed by atoms with E-state index in [4.69, 9.17) is 9.47 Å². The van der Waals surface area contributed by atoms with Crippen molar-refractivity contribution in [3.63, 3.8) is 0 Å². The van der Waals surface area contributed by atoms with Gasteiger partial charge in [-0.15, -0.1) is 0 Å². The van der Waals surface area contributed by atoms with E-state index in [0.717, 1.165) is 11.1 Å². The van der Waals surface area contributed by atoms with Crippen LogP contribution in [-0.4, -0.2) is 28.7 Å². The Bertz CT molecular complexity index is 712. The van der Waals surface area contributed by atoms with Gasteiger partial charge in [-0.3, -0.25) is 4.98 Å². The topological polar surface area (TPSA) is 77.5 Å². The Morgan fingerprint density at radius 1 is 1.04 bits per heavy atom. The maximum Gasteiger partial charge on any atom is 0.408 e. The first-order valence-electron chi connectivity index (χ1n) is 8.42. The number of hydrogen-bond acceptors (Lipinski definition) is 5. The molecule has 1 N–H and O–H groups in total. The zero-order valence-electron chi connectivity index (χ0n) is 15.3. The van der Waals surface area contributed by atoms with Crippen molar-refractivity contribution in [3.05, 3.63) is 66.0 Å². The van der Waals surface area contributed by atoms with Crippen LogP contribution in [0.15, 0.2) is 54.9 Å². The van der Waals surface area contributed by atoms with Crippen LogP contribution < -0.4 is 5.32 Å². The molecule has 0 fully saturated rings. The number of esters is 1. The van der Waals surface area contributed by atoms with E-state index in [9.17, 15) is 9.59 Å². The maximum absolute atomic E-state index is 12.5. The van der Waals surface area contributed by atoms with Gasteiger partial charge in [0.25, 0.3) is 0 Å². The van der Waals surface area contributed by atoms with E-state index >= 15 is 0 Å². The number of nitrogens with one attached hydrogen (secondary N) is 1. The highest BCUT2D eigenvalue weighted by Gasteiger charge is 2.26. The highest BCUT2D eigenvalue weighted by atomic mass is 16.6. The van der Waals surface area contributed by atoms with E-state index < -0.39 is 23.7 Å². The van der Waals surface area contributed by atoms with Crippen molar-refractivity contribution in [1.82, 2.24) is 10.3 Å². The zero-order valence-corrected chi connectivity index (χ0v) is 15.3. The molecular weight excluding hydrogens is 332 g/mol. The first kappa shape index (κ1) is 19.4. The number of benzene rings is 1. The van der Waals surface area contributed by atoms with Crippen molar-refractivity contribution in [3.8, 4) is 0 Å². The van der Waals surface area contributed by atoms with E-state index in [0.29, 0.717) is 0 Å². The second kappa shape index (κ2) is 8.99. The number of nitrogens with zero attached hydrogens (tertiary/aromatic N) is 1. The molecule has 0 saturated heterocycles. The molecule has 6 nitrogen and oxygen atoms in total. The Hall–Kier alpha value is -2.89. The number of hydrogen-bond donors (Lipinski definition) is 1. The molecule has 0 aliphatic rings. The van der Waals surface area contributed by atoms with Gasteiger partial charge < -0.3 is 14.8 Å². The minimum atomic E-state index is -0.851. The lowest BCUT2D eigenvalue weighted by molar-refractivity contribution is -0.147. The van der Waals surface area contributed by atoms with Gasteiger partial charge in [0.1, 0.15) is 18.2 Å². The number of carbonyl (C=O) groups is 2. The van der Waals surface area contributed by atoms with E-state index in [1.165, 1.54) is 0 Å². The molecule has 0 unspecified atom stereocenters. The molecule has 0 radical (unpaired) electrons. The van der Waals surface area contributed by atoms with Gasteiger partial charge >= 0.3 is 12.1 Å². The number of rotatable bonds is 6. The minimum absolute atomic E-state index is 0.141. The van der Waals surface area contributed by atoms with Gasteiger partial charge in [0.15, 0.2) is 0 Å². The first-order valence-corrected chi connectivity index (χ1v) is 8.42. The van der Waals surface area contributed by atoms with Crippen LogP contribution >= 0.6 is 0 Å². The number of aromatic nitrogens is 1. The molecular formula is C20H24N2O4. The Morgan fingerprint density at radius 2 is 1.69 bits per heavy atom. The van der Waals surface area contributed by atoms with Crippen LogP contribution in [0.5, 0.6) is 0 Å². The highest BCUT2D eigenvalue weighted by Crippen LogP contribution is 2.10. The molecule has 0 aliphatic heterocycles. The van der Waals surface area contributed by atoms with Crippen molar-refractivity contribution in [2.24, 2.45) is 0 Å². The van der Waals surface area contributed by atoms with Crippen LogP contribution in [0, 0.1) is 0 Å². The summed E-state index contributed by atoms with van der Waals surface area (Å²) in [6.45, 7) is 5.43. The van der Waals surface area contributed by atoms with Gasteiger partial charge in [0.2, 0.25) is 0 Å². The zero-order chi connectivity index (χ0) is 19.0. The number of carbonyl (C=O) groups excluding carboxylic acids is 2. The summed E-state index contributed by atoms with van der Waals surface area (Å²) >= 11 is 0. The Morgan fingerprint density at radius 3 is 2.31 bits per heavy atom. The third kappa shape index (κ3) is 6.93. The summed E-state index contributed by atoms with van der Waals surface area (Å²) in [7, 11) is 0. The van der Waals surface area contributed by atoms with Gasteiger partial charge in [-0.2, -0.15) is 0 Å². The second-order valence-electron chi connectivity index (χ2n) is 6.85. The van der Waals surface area contributed by atoms with Crippen LogP contribution in [-0.2, 0) is 27.3 Å². The standard InChI is InChI=1S/C20H24N2O4/c1-20(2,3)26-19(24)22-17(13-15-9-11-21-12-10-15)18(23)25-14-16-7-5-4-6-8-16/h4-12,17H,13-14H2,1-3H3,(H,22,24)/t17-/m0/s1. The lowest BCUT2D eigenvalue weighted by Crippen LogP contribution is -2.45. The molecule has 0 aliphatic carbocycles. The minimum Gasteiger partial charge on any atom is -0.459 e. The molecule has 2 rings (SSSR count). The molecule has 138 valence electrons. The third-order valence-corrected chi connectivity index (χ3v) is 3.39. The van der Waals surface area contributed by atoms with Gasteiger partial charge in [0.05, 0.1) is 0 Å². The average molecular weight is 356 g/mol. The van der Waals surface area contributed by atoms with E-state index in [-0.39, 0.29) is 13.0 Å². The summed E-state index contributed by atoms with van der Waals surface area (Å²) in [5.41, 5.74) is 1.08. The summed E-state index contributed by atoms with van der Waals surface area (Å²) in [4.78, 5) is 28.6. The predicted molar refractivity (Wildman–Crippen MR) is 97.3 cm³/mol. The number of alkyl carbamates (subject to hydrolysis) is 1. The van der Waals surface area contributed by atoms with Crippen molar-refractivity contribution in [1.29, 1.82) is 0 Å². The highest BCUT2D eigenvalue weighted by molar-refractivity contribution is 5.81. The van der Waals surface area contributed by atoms with Crippen LogP contribution in [0.4, 0.5) is 4.79 Å². The maximum atomic E-state index is 12.5. The Labute approximate surface area is 153 Å². The normalized spacial score (nSPS) is 12.1.